The molecule has 0 saturated carbocycles. The van der Waals surface area contributed by atoms with Crippen molar-refractivity contribution in [3.05, 3.63) is 11.8 Å². The maximum Gasteiger partial charge on any atom is 0.0919 e. The van der Waals surface area contributed by atoms with E-state index in [-0.39, 0.29) is 0 Å². The van der Waals surface area contributed by atoms with E-state index in [1.807, 2.05) is 6.92 Å². The summed E-state index contributed by atoms with van der Waals surface area (Å²) in [5.41, 5.74) is 0. The summed E-state index contributed by atoms with van der Waals surface area (Å²) in [5.74, 6) is 2.00. The summed E-state index contributed by atoms with van der Waals surface area (Å²) in [6.07, 6.45) is 4.42. The lowest BCUT2D eigenvalue weighted by Crippen LogP contribution is -2.10. The molecule has 0 aromatic heterocycles. The third kappa shape index (κ3) is 1.74. The van der Waals surface area contributed by atoms with Crippen LogP contribution in [0.15, 0.2) is 11.8 Å². The summed E-state index contributed by atoms with van der Waals surface area (Å²) in [6, 6.07) is 0. The van der Waals surface area contributed by atoms with Crippen molar-refractivity contribution in [3.8, 4) is 0 Å². The molecule has 1 atom stereocenters. The summed E-state index contributed by atoms with van der Waals surface area (Å²) in [5, 5.41) is 0. The third-order valence-corrected chi connectivity index (χ3v) is 1.77. The Morgan fingerprint density at radius 2 is 2.44 bits per heavy atom. The molecule has 0 bridgehead atoms. The van der Waals surface area contributed by atoms with Crippen LogP contribution in [0.4, 0.5) is 0 Å². The SMILES string of the molecule is CC=C1C[C@@H](C)CCO1. The van der Waals surface area contributed by atoms with Crippen LogP contribution < -0.4 is 0 Å². The molecule has 0 radical (unpaired) electrons. The molecule has 0 aromatic rings. The first-order chi connectivity index (χ1) is 4.33. The quantitative estimate of drug-likeness (QED) is 0.484. The Kier molecular flexibility index (Phi) is 2.15. The maximum atomic E-state index is 5.36. The lowest BCUT2D eigenvalue weighted by atomic mass is 10.0. The smallest absolute Gasteiger partial charge is 0.0919 e. The molecular formula is C8H14O. The molecule has 9 heavy (non-hydrogen) atoms. The Bertz CT molecular complexity index is 116. The van der Waals surface area contributed by atoms with E-state index in [1.54, 1.807) is 0 Å². The van der Waals surface area contributed by atoms with Crippen LogP contribution >= 0.6 is 0 Å². The van der Waals surface area contributed by atoms with Crippen molar-refractivity contribution in [1.82, 2.24) is 0 Å². The number of hydrogen-bond acceptors (Lipinski definition) is 1. The molecule has 1 heterocycles. The first-order valence-corrected chi connectivity index (χ1v) is 3.61. The molecule has 0 aliphatic carbocycles. The monoisotopic (exact) mass is 126 g/mol. The van der Waals surface area contributed by atoms with Gasteiger partial charge < -0.3 is 4.74 Å². The second-order valence-electron chi connectivity index (χ2n) is 2.70. The second kappa shape index (κ2) is 2.90. The zero-order valence-corrected chi connectivity index (χ0v) is 6.18. The zero-order valence-electron chi connectivity index (χ0n) is 6.18. The highest BCUT2D eigenvalue weighted by atomic mass is 16.5. The molecular weight excluding hydrogens is 112 g/mol. The van der Waals surface area contributed by atoms with Gasteiger partial charge in [-0.15, -0.1) is 0 Å². The van der Waals surface area contributed by atoms with Gasteiger partial charge in [-0.25, -0.2) is 0 Å². The van der Waals surface area contributed by atoms with Gasteiger partial charge in [0.25, 0.3) is 0 Å². The maximum absolute atomic E-state index is 5.36. The van der Waals surface area contributed by atoms with Gasteiger partial charge in [0, 0.05) is 6.42 Å². The van der Waals surface area contributed by atoms with Crippen LogP contribution in [0.25, 0.3) is 0 Å². The Morgan fingerprint density at radius 3 is 2.89 bits per heavy atom. The minimum Gasteiger partial charge on any atom is -0.498 e. The van der Waals surface area contributed by atoms with Gasteiger partial charge in [0.2, 0.25) is 0 Å². The molecule has 0 N–H and O–H groups in total. The van der Waals surface area contributed by atoms with Gasteiger partial charge in [-0.05, 0) is 25.3 Å². The van der Waals surface area contributed by atoms with E-state index < -0.39 is 0 Å². The van der Waals surface area contributed by atoms with E-state index in [9.17, 15) is 0 Å². The summed E-state index contributed by atoms with van der Waals surface area (Å²) in [6.45, 7) is 5.22. The van der Waals surface area contributed by atoms with Gasteiger partial charge in [-0.2, -0.15) is 0 Å². The van der Waals surface area contributed by atoms with Crippen molar-refractivity contribution < 1.29 is 4.74 Å². The van der Waals surface area contributed by atoms with Crippen LogP contribution in [0.2, 0.25) is 0 Å². The van der Waals surface area contributed by atoms with Gasteiger partial charge in [-0.1, -0.05) is 6.92 Å². The lowest BCUT2D eigenvalue weighted by Gasteiger charge is -2.21. The molecule has 1 fully saturated rings. The first kappa shape index (κ1) is 6.66. The Balaban J connectivity index is 2.41. The molecule has 0 unspecified atom stereocenters. The molecule has 0 amide bonds. The van der Waals surface area contributed by atoms with Crippen molar-refractivity contribution in [3.63, 3.8) is 0 Å². The average molecular weight is 126 g/mol. The lowest BCUT2D eigenvalue weighted by molar-refractivity contribution is 0.137. The molecule has 1 saturated heterocycles. The van der Waals surface area contributed by atoms with E-state index in [2.05, 4.69) is 13.0 Å². The van der Waals surface area contributed by atoms with Crippen LogP contribution in [-0.4, -0.2) is 6.61 Å². The van der Waals surface area contributed by atoms with Crippen molar-refractivity contribution in [2.75, 3.05) is 6.61 Å². The predicted molar refractivity (Wildman–Crippen MR) is 38.1 cm³/mol. The standard InChI is InChI=1S/C8H14O/c1-3-8-6-7(2)4-5-9-8/h3,7H,4-6H2,1-2H3/t7-/m0/s1. The molecule has 0 aromatic carbocycles. The van der Waals surface area contributed by atoms with Gasteiger partial charge >= 0.3 is 0 Å². The van der Waals surface area contributed by atoms with Crippen LogP contribution in [0.3, 0.4) is 0 Å². The summed E-state index contributed by atoms with van der Waals surface area (Å²) < 4.78 is 5.36. The Labute approximate surface area is 56.7 Å². The number of allylic oxidation sites excluding steroid dienone is 2. The fourth-order valence-electron chi connectivity index (χ4n) is 1.10. The minimum atomic E-state index is 0.824. The second-order valence-corrected chi connectivity index (χ2v) is 2.70. The highest BCUT2D eigenvalue weighted by Gasteiger charge is 2.11. The van der Waals surface area contributed by atoms with Gasteiger partial charge in [0.15, 0.2) is 0 Å². The van der Waals surface area contributed by atoms with E-state index in [4.69, 9.17) is 4.74 Å². The molecule has 0 spiro atoms. The molecule has 1 aliphatic heterocycles. The van der Waals surface area contributed by atoms with Crippen LogP contribution in [0, 0.1) is 5.92 Å². The molecule has 1 nitrogen and oxygen atoms in total. The molecule has 52 valence electrons. The van der Waals surface area contributed by atoms with Gasteiger partial charge in [0.05, 0.1) is 12.4 Å². The number of rotatable bonds is 0. The first-order valence-electron chi connectivity index (χ1n) is 3.61. The van der Waals surface area contributed by atoms with E-state index in [0.29, 0.717) is 0 Å². The topological polar surface area (TPSA) is 9.23 Å². The van der Waals surface area contributed by atoms with E-state index in [0.717, 1.165) is 18.9 Å². The minimum absolute atomic E-state index is 0.824. The van der Waals surface area contributed by atoms with Crippen molar-refractivity contribution in [2.24, 2.45) is 5.92 Å². The van der Waals surface area contributed by atoms with Crippen molar-refractivity contribution in [2.45, 2.75) is 26.7 Å². The van der Waals surface area contributed by atoms with Gasteiger partial charge in [-0.3, -0.25) is 0 Å². The summed E-state index contributed by atoms with van der Waals surface area (Å²) >= 11 is 0. The predicted octanol–water partition coefficient (Wildman–Crippen LogP) is 2.34. The normalized spacial score (nSPS) is 32.2. The highest BCUT2D eigenvalue weighted by Crippen LogP contribution is 2.21. The third-order valence-electron chi connectivity index (χ3n) is 1.77. The van der Waals surface area contributed by atoms with Crippen LogP contribution in [0.1, 0.15) is 26.7 Å². The van der Waals surface area contributed by atoms with Crippen molar-refractivity contribution in [1.29, 1.82) is 0 Å². The van der Waals surface area contributed by atoms with Gasteiger partial charge in [0.1, 0.15) is 0 Å². The van der Waals surface area contributed by atoms with Crippen LogP contribution in [-0.2, 0) is 4.74 Å². The average Bonchev–Trinajstić information content (AvgIpc) is 1.88. The molecule has 1 aliphatic rings. The fraction of sp³-hybridized carbons (Fsp3) is 0.750. The summed E-state index contributed by atoms with van der Waals surface area (Å²) in [4.78, 5) is 0. The Hall–Kier alpha value is -0.460. The Morgan fingerprint density at radius 1 is 1.67 bits per heavy atom. The van der Waals surface area contributed by atoms with Crippen molar-refractivity contribution >= 4 is 0 Å². The van der Waals surface area contributed by atoms with Crippen LogP contribution in [0.5, 0.6) is 0 Å². The largest absolute Gasteiger partial charge is 0.498 e. The fourth-order valence-corrected chi connectivity index (χ4v) is 1.10. The number of ether oxygens (including phenoxy) is 1. The molecule has 1 rings (SSSR count). The highest BCUT2D eigenvalue weighted by molar-refractivity contribution is 4.93. The van der Waals surface area contributed by atoms with E-state index >= 15 is 0 Å². The summed E-state index contributed by atoms with van der Waals surface area (Å²) in [7, 11) is 0. The van der Waals surface area contributed by atoms with E-state index in [1.165, 1.54) is 12.2 Å². The molecule has 1 heteroatoms. The zero-order chi connectivity index (χ0) is 6.69. The number of hydrogen-bond donors (Lipinski definition) is 0.